The lowest BCUT2D eigenvalue weighted by Gasteiger charge is -2.10. The van der Waals surface area contributed by atoms with Crippen molar-refractivity contribution in [1.82, 2.24) is 10.2 Å². The fourth-order valence-corrected chi connectivity index (χ4v) is 4.55. The summed E-state index contributed by atoms with van der Waals surface area (Å²) in [6, 6.07) is 2.93. The number of aromatic amines is 1. The van der Waals surface area contributed by atoms with Crippen LogP contribution in [-0.2, 0) is 10.0 Å². The minimum atomic E-state index is -3.92. The lowest BCUT2D eigenvalue weighted by atomic mass is 10.3. The highest BCUT2D eigenvalue weighted by Crippen LogP contribution is 2.34. The number of anilines is 1. The molecule has 0 saturated heterocycles. The second kappa shape index (κ2) is 5.55. The third kappa shape index (κ3) is 2.95. The maximum atomic E-state index is 12.4. The van der Waals surface area contributed by atoms with E-state index < -0.39 is 10.0 Å². The predicted octanol–water partition coefficient (Wildman–Crippen LogP) is 3.90. The van der Waals surface area contributed by atoms with Gasteiger partial charge in [-0.05, 0) is 26.0 Å². The molecule has 0 spiro atoms. The van der Waals surface area contributed by atoms with Gasteiger partial charge in [-0.3, -0.25) is 9.82 Å². The second-order valence-electron chi connectivity index (χ2n) is 4.13. The maximum Gasteiger partial charge on any atom is 0.266 e. The molecule has 0 aliphatic heterocycles. The zero-order valence-electron chi connectivity index (χ0n) is 10.5. The van der Waals surface area contributed by atoms with Crippen molar-refractivity contribution in [3.8, 4) is 0 Å². The topological polar surface area (TPSA) is 74.8 Å². The molecule has 0 amide bonds. The summed E-state index contributed by atoms with van der Waals surface area (Å²) in [4.78, 5) is -0.177. The van der Waals surface area contributed by atoms with Crippen molar-refractivity contribution in [2.24, 2.45) is 0 Å². The molecule has 0 atom stereocenters. The third-order valence-electron chi connectivity index (χ3n) is 2.72. The molecule has 0 bridgehead atoms. The van der Waals surface area contributed by atoms with Crippen molar-refractivity contribution in [2.75, 3.05) is 4.72 Å². The van der Waals surface area contributed by atoms with Gasteiger partial charge in [-0.2, -0.15) is 5.10 Å². The first-order valence-electron chi connectivity index (χ1n) is 5.41. The molecule has 5 nitrogen and oxygen atoms in total. The molecule has 1 heterocycles. The Bertz CT molecular complexity index is 751. The van der Waals surface area contributed by atoms with Crippen LogP contribution in [0.1, 0.15) is 11.3 Å². The van der Waals surface area contributed by atoms with Crippen molar-refractivity contribution < 1.29 is 8.42 Å². The molecule has 1 aromatic heterocycles. The molecular formula is C11H10BrCl2N3O2S. The van der Waals surface area contributed by atoms with Crippen LogP contribution in [0.25, 0.3) is 0 Å². The first-order valence-corrected chi connectivity index (χ1v) is 8.44. The molecule has 20 heavy (non-hydrogen) atoms. The van der Waals surface area contributed by atoms with Crippen LogP contribution >= 0.6 is 39.1 Å². The van der Waals surface area contributed by atoms with Crippen LogP contribution in [0.15, 0.2) is 21.5 Å². The quantitative estimate of drug-likeness (QED) is 0.823. The van der Waals surface area contributed by atoms with Crippen LogP contribution in [-0.4, -0.2) is 18.6 Å². The summed E-state index contributed by atoms with van der Waals surface area (Å²) in [5.41, 5.74) is 1.48. The fraction of sp³-hybridized carbons (Fsp3) is 0.182. The summed E-state index contributed by atoms with van der Waals surface area (Å²) in [5, 5.41) is 6.65. The predicted molar refractivity (Wildman–Crippen MR) is 83.0 cm³/mol. The van der Waals surface area contributed by atoms with Crippen LogP contribution in [0, 0.1) is 13.8 Å². The second-order valence-corrected chi connectivity index (χ2v) is 7.48. The van der Waals surface area contributed by atoms with Crippen LogP contribution in [0.5, 0.6) is 0 Å². The van der Waals surface area contributed by atoms with Crippen LogP contribution in [0.2, 0.25) is 10.0 Å². The van der Waals surface area contributed by atoms with Gasteiger partial charge in [0.15, 0.2) is 5.82 Å². The molecule has 0 aliphatic rings. The summed E-state index contributed by atoms with van der Waals surface area (Å²) in [6.07, 6.45) is 0. The third-order valence-corrected chi connectivity index (χ3v) is 5.43. The highest BCUT2D eigenvalue weighted by atomic mass is 79.9. The Morgan fingerprint density at radius 1 is 1.25 bits per heavy atom. The van der Waals surface area contributed by atoms with Crippen molar-refractivity contribution in [3.05, 3.63) is 37.9 Å². The Kier molecular flexibility index (Phi) is 4.34. The summed E-state index contributed by atoms with van der Waals surface area (Å²) in [7, 11) is -3.92. The highest BCUT2D eigenvalue weighted by molar-refractivity contribution is 9.10. The van der Waals surface area contributed by atoms with Gasteiger partial charge in [0.05, 0.1) is 10.0 Å². The average molecular weight is 399 g/mol. The van der Waals surface area contributed by atoms with E-state index in [-0.39, 0.29) is 20.8 Å². The van der Waals surface area contributed by atoms with Crippen molar-refractivity contribution in [2.45, 2.75) is 18.7 Å². The average Bonchev–Trinajstić information content (AvgIpc) is 2.58. The number of halogens is 3. The van der Waals surface area contributed by atoms with Gasteiger partial charge in [0.25, 0.3) is 10.0 Å². The zero-order valence-corrected chi connectivity index (χ0v) is 14.4. The first kappa shape index (κ1) is 15.6. The van der Waals surface area contributed by atoms with Crippen LogP contribution < -0.4 is 4.72 Å². The summed E-state index contributed by atoms with van der Waals surface area (Å²) in [5.74, 6) is 0.220. The molecule has 108 valence electrons. The minimum Gasteiger partial charge on any atom is -0.280 e. The summed E-state index contributed by atoms with van der Waals surface area (Å²) in [6.45, 7) is 3.54. The molecule has 0 unspecified atom stereocenters. The van der Waals surface area contributed by atoms with Crippen molar-refractivity contribution in [1.29, 1.82) is 0 Å². The van der Waals surface area contributed by atoms with Gasteiger partial charge in [-0.25, -0.2) is 8.42 Å². The Hall–Kier alpha value is -0.760. The number of nitrogens with zero attached hydrogens (tertiary/aromatic N) is 1. The standard InChI is InChI=1S/C11H10BrCl2N3O2S/c1-5-6(2)15-16-11(5)17-20(18,19)10-8(13)3-7(12)4-9(10)14/h3-4H,1-2H3,(H2,15,16,17). The monoisotopic (exact) mass is 397 g/mol. The molecule has 1 aromatic carbocycles. The Morgan fingerprint density at radius 2 is 1.80 bits per heavy atom. The van der Waals surface area contributed by atoms with E-state index in [1.54, 1.807) is 13.8 Å². The molecule has 2 rings (SSSR count). The van der Waals surface area contributed by atoms with Crippen molar-refractivity contribution >= 4 is 55.0 Å². The Balaban J connectivity index is 2.49. The molecule has 0 fully saturated rings. The zero-order chi connectivity index (χ0) is 15.1. The summed E-state index contributed by atoms with van der Waals surface area (Å²) < 4.78 is 27.7. The summed E-state index contributed by atoms with van der Waals surface area (Å²) >= 11 is 15.1. The van der Waals surface area contributed by atoms with E-state index in [9.17, 15) is 8.42 Å². The van der Waals surface area contributed by atoms with Crippen LogP contribution in [0.3, 0.4) is 0 Å². The molecule has 0 radical (unpaired) electrons. The number of aryl methyl sites for hydroxylation is 1. The normalized spacial score (nSPS) is 11.7. The molecule has 2 aromatic rings. The number of hydrogen-bond donors (Lipinski definition) is 2. The van der Waals surface area contributed by atoms with Gasteiger partial charge in [0.1, 0.15) is 4.90 Å². The molecular weight excluding hydrogens is 389 g/mol. The number of benzene rings is 1. The van der Waals surface area contributed by atoms with Gasteiger partial charge < -0.3 is 0 Å². The van der Waals surface area contributed by atoms with Gasteiger partial charge in [-0.15, -0.1) is 0 Å². The number of rotatable bonds is 3. The molecule has 9 heteroatoms. The van der Waals surface area contributed by atoms with Crippen molar-refractivity contribution in [3.63, 3.8) is 0 Å². The van der Waals surface area contributed by atoms with Gasteiger partial charge in [-0.1, -0.05) is 39.1 Å². The molecule has 0 saturated carbocycles. The molecule has 0 aliphatic carbocycles. The van der Waals surface area contributed by atoms with E-state index in [4.69, 9.17) is 23.2 Å². The highest BCUT2D eigenvalue weighted by Gasteiger charge is 2.24. The molecule has 2 N–H and O–H groups in total. The van der Waals surface area contributed by atoms with Gasteiger partial charge >= 0.3 is 0 Å². The van der Waals surface area contributed by atoms with E-state index in [1.165, 1.54) is 12.1 Å². The number of sulfonamides is 1. The van der Waals surface area contributed by atoms with E-state index in [0.717, 1.165) is 5.69 Å². The first-order chi connectivity index (χ1) is 9.22. The van der Waals surface area contributed by atoms with Crippen LogP contribution in [0.4, 0.5) is 5.82 Å². The van der Waals surface area contributed by atoms with Gasteiger partial charge in [0.2, 0.25) is 0 Å². The van der Waals surface area contributed by atoms with Gasteiger partial charge in [0, 0.05) is 15.7 Å². The maximum absolute atomic E-state index is 12.4. The lowest BCUT2D eigenvalue weighted by Crippen LogP contribution is -2.15. The van der Waals surface area contributed by atoms with E-state index in [0.29, 0.717) is 10.0 Å². The number of aromatic nitrogens is 2. The number of hydrogen-bond acceptors (Lipinski definition) is 3. The number of H-pyrrole nitrogens is 1. The van der Waals surface area contributed by atoms with E-state index in [1.807, 2.05) is 0 Å². The number of nitrogens with one attached hydrogen (secondary N) is 2. The minimum absolute atomic E-state index is 0.0294. The Morgan fingerprint density at radius 3 is 2.25 bits per heavy atom. The largest absolute Gasteiger partial charge is 0.280 e. The van der Waals surface area contributed by atoms with E-state index in [2.05, 4.69) is 30.8 Å². The lowest BCUT2D eigenvalue weighted by molar-refractivity contribution is 0.601. The fourth-order valence-electron chi connectivity index (χ4n) is 1.55. The smallest absolute Gasteiger partial charge is 0.266 e. The Labute approximate surface area is 134 Å². The SMILES string of the molecule is Cc1[nH]nc(NS(=O)(=O)c2c(Cl)cc(Br)cc2Cl)c1C. The van der Waals surface area contributed by atoms with E-state index >= 15 is 0 Å².